The number of likely N-dealkylation sites (N-methyl/N-ethyl adjacent to an activating group) is 1. The van der Waals surface area contributed by atoms with Crippen molar-refractivity contribution < 1.29 is 19.1 Å². The number of fused-ring (bicyclic) bond motifs is 1. The van der Waals surface area contributed by atoms with Crippen molar-refractivity contribution in [2.45, 2.75) is 59.2 Å². The molecule has 5 rings (SSSR count). The number of rotatable bonds is 7. The van der Waals surface area contributed by atoms with Crippen LogP contribution in [0, 0.1) is 17.3 Å². The van der Waals surface area contributed by atoms with Crippen molar-refractivity contribution in [3.63, 3.8) is 0 Å². The standard InChI is InChI=1S/C31H43N5O4S/c1-19(2)15-23(29(39)36-16-22(31(3,4)5)27-26(36)25(37)17-40-27)32-28(38)21-9-7-20(8-10-21)24-18-41-30(33-24)35-13-11-34(6)12-14-35/h7-10,18-19,22-23,26-27H,11-17H2,1-6H3,(H,32,38)/t22-,23?,26-,27-/m1/s1. The number of benzene rings is 1. The van der Waals surface area contributed by atoms with Gasteiger partial charge in [0.2, 0.25) is 5.91 Å². The number of carbonyl (C=O) groups is 3. The smallest absolute Gasteiger partial charge is 0.251 e. The number of thiazole rings is 1. The molecule has 3 aliphatic rings. The summed E-state index contributed by atoms with van der Waals surface area (Å²) in [6.07, 6.45) is 0.191. The van der Waals surface area contributed by atoms with Gasteiger partial charge in [-0.3, -0.25) is 14.4 Å². The second-order valence-corrected chi connectivity index (χ2v) is 14.0. The number of nitrogens with one attached hydrogen (secondary N) is 1. The maximum Gasteiger partial charge on any atom is 0.251 e. The number of Topliss-reactive ketones (excluding diaryl/α,β-unsaturated/α-hetero) is 1. The third-order valence-corrected chi connectivity index (χ3v) is 9.50. The minimum absolute atomic E-state index is 0.0368. The molecule has 0 aliphatic carbocycles. The maximum atomic E-state index is 13.9. The van der Waals surface area contributed by atoms with Gasteiger partial charge in [0.1, 0.15) is 18.7 Å². The van der Waals surface area contributed by atoms with E-state index in [9.17, 15) is 14.4 Å². The van der Waals surface area contributed by atoms with Gasteiger partial charge in [-0.2, -0.15) is 0 Å². The van der Waals surface area contributed by atoms with Crippen LogP contribution in [0.4, 0.5) is 5.13 Å². The molecular weight excluding hydrogens is 538 g/mol. The van der Waals surface area contributed by atoms with Crippen molar-refractivity contribution in [1.82, 2.24) is 20.1 Å². The molecular formula is C31H43N5O4S. The topological polar surface area (TPSA) is 95.1 Å². The van der Waals surface area contributed by atoms with E-state index >= 15 is 0 Å². The van der Waals surface area contributed by atoms with E-state index in [0.717, 1.165) is 42.6 Å². The summed E-state index contributed by atoms with van der Waals surface area (Å²) in [6.45, 7) is 14.9. The van der Waals surface area contributed by atoms with Crippen molar-refractivity contribution in [3.05, 3.63) is 35.2 Å². The van der Waals surface area contributed by atoms with Gasteiger partial charge in [0.15, 0.2) is 10.9 Å². The molecule has 2 aromatic rings. The van der Waals surface area contributed by atoms with Gasteiger partial charge >= 0.3 is 0 Å². The molecule has 1 N–H and O–H groups in total. The molecule has 3 saturated heterocycles. The number of amides is 2. The highest BCUT2D eigenvalue weighted by atomic mass is 32.1. The second-order valence-electron chi connectivity index (χ2n) is 13.2. The average Bonchev–Trinajstić information content (AvgIpc) is 3.65. The van der Waals surface area contributed by atoms with Crippen molar-refractivity contribution in [1.29, 1.82) is 0 Å². The zero-order valence-electron chi connectivity index (χ0n) is 25.1. The van der Waals surface area contributed by atoms with E-state index in [1.807, 2.05) is 26.0 Å². The van der Waals surface area contributed by atoms with Gasteiger partial charge in [-0.15, -0.1) is 11.3 Å². The van der Waals surface area contributed by atoms with Crippen LogP contribution in [0.15, 0.2) is 29.6 Å². The quantitative estimate of drug-likeness (QED) is 0.535. The third-order valence-electron chi connectivity index (χ3n) is 8.60. The summed E-state index contributed by atoms with van der Waals surface area (Å²) in [5, 5.41) is 6.07. The summed E-state index contributed by atoms with van der Waals surface area (Å²) in [5.41, 5.74) is 2.20. The Morgan fingerprint density at radius 2 is 1.80 bits per heavy atom. The number of piperazine rings is 1. The van der Waals surface area contributed by atoms with Crippen LogP contribution >= 0.6 is 11.3 Å². The summed E-state index contributed by atoms with van der Waals surface area (Å²) in [6, 6.07) is 6.08. The van der Waals surface area contributed by atoms with Crippen molar-refractivity contribution in [2.75, 3.05) is 51.3 Å². The molecule has 4 heterocycles. The van der Waals surface area contributed by atoms with Crippen LogP contribution in [0.2, 0.25) is 0 Å². The van der Waals surface area contributed by atoms with E-state index < -0.39 is 12.1 Å². The van der Waals surface area contributed by atoms with Gasteiger partial charge in [-0.05, 0) is 36.9 Å². The maximum absolute atomic E-state index is 13.9. The monoisotopic (exact) mass is 581 g/mol. The molecule has 10 heteroatoms. The van der Waals surface area contributed by atoms with Gasteiger partial charge in [0, 0.05) is 55.1 Å². The average molecular weight is 582 g/mol. The first kappa shape index (κ1) is 29.7. The van der Waals surface area contributed by atoms with Gasteiger partial charge in [-0.1, -0.05) is 46.8 Å². The normalized spacial score (nSPS) is 24.2. The molecule has 9 nitrogen and oxygen atoms in total. The van der Waals surface area contributed by atoms with E-state index in [1.165, 1.54) is 0 Å². The molecule has 4 atom stereocenters. The summed E-state index contributed by atoms with van der Waals surface area (Å²) in [4.78, 5) is 51.2. The Kier molecular flexibility index (Phi) is 8.55. The van der Waals surface area contributed by atoms with E-state index in [0.29, 0.717) is 18.5 Å². The fourth-order valence-electron chi connectivity index (χ4n) is 6.12. The molecule has 3 fully saturated rings. The number of hydrogen-bond acceptors (Lipinski definition) is 8. The molecule has 3 aliphatic heterocycles. The van der Waals surface area contributed by atoms with Crippen LogP contribution in [0.25, 0.3) is 11.3 Å². The molecule has 0 radical (unpaired) electrons. The SMILES string of the molecule is CC(C)CC(NC(=O)c1ccc(-c2csc(N3CCN(C)CC3)n2)cc1)C(=O)N1C[C@@H](C(C)(C)C)[C@H]2OCC(=O)[C@H]21. The number of anilines is 1. The highest BCUT2D eigenvalue weighted by Crippen LogP contribution is 2.42. The van der Waals surface area contributed by atoms with E-state index in [1.54, 1.807) is 28.4 Å². The highest BCUT2D eigenvalue weighted by Gasteiger charge is 2.55. The highest BCUT2D eigenvalue weighted by molar-refractivity contribution is 7.14. The summed E-state index contributed by atoms with van der Waals surface area (Å²) < 4.78 is 5.87. The van der Waals surface area contributed by atoms with Crippen molar-refractivity contribution >= 4 is 34.1 Å². The number of likely N-dealkylation sites (tertiary alicyclic amines) is 1. The lowest BCUT2D eigenvalue weighted by molar-refractivity contribution is -0.138. The van der Waals surface area contributed by atoms with Crippen LogP contribution < -0.4 is 10.2 Å². The van der Waals surface area contributed by atoms with Gasteiger partial charge in [0.25, 0.3) is 5.91 Å². The van der Waals surface area contributed by atoms with Crippen molar-refractivity contribution in [2.24, 2.45) is 17.3 Å². The Hall–Kier alpha value is -2.82. The molecule has 0 saturated carbocycles. The van der Waals surface area contributed by atoms with E-state index in [-0.39, 0.29) is 47.6 Å². The van der Waals surface area contributed by atoms with Crippen molar-refractivity contribution in [3.8, 4) is 11.3 Å². The lowest BCUT2D eigenvalue weighted by Crippen LogP contribution is -2.52. The molecule has 0 bridgehead atoms. The number of hydrogen-bond donors (Lipinski definition) is 1. The Morgan fingerprint density at radius 3 is 2.44 bits per heavy atom. The lowest BCUT2D eigenvalue weighted by atomic mass is 9.78. The first-order valence-corrected chi connectivity index (χ1v) is 15.6. The molecule has 1 aromatic heterocycles. The minimum Gasteiger partial charge on any atom is -0.367 e. The van der Waals surface area contributed by atoms with Crippen LogP contribution in [0.3, 0.4) is 0 Å². The largest absolute Gasteiger partial charge is 0.367 e. The van der Waals surface area contributed by atoms with Gasteiger partial charge < -0.3 is 24.8 Å². The number of ether oxygens (including phenoxy) is 1. The minimum atomic E-state index is -0.723. The molecule has 1 aromatic carbocycles. The number of aromatic nitrogens is 1. The fraction of sp³-hybridized carbons (Fsp3) is 0.613. The Morgan fingerprint density at radius 1 is 1.12 bits per heavy atom. The van der Waals surface area contributed by atoms with Crippen LogP contribution in [-0.2, 0) is 14.3 Å². The van der Waals surface area contributed by atoms with E-state index in [2.05, 4.69) is 48.3 Å². The first-order chi connectivity index (χ1) is 19.4. The number of ketones is 1. The molecule has 0 spiro atoms. The Labute approximate surface area is 247 Å². The number of nitrogens with zero attached hydrogens (tertiary/aromatic N) is 4. The van der Waals surface area contributed by atoms with Gasteiger partial charge in [-0.25, -0.2) is 4.98 Å². The zero-order chi connectivity index (χ0) is 29.5. The molecule has 222 valence electrons. The molecule has 1 unspecified atom stereocenters. The van der Waals surface area contributed by atoms with Crippen LogP contribution in [-0.4, -0.2) is 96.9 Å². The Balaban J connectivity index is 1.28. The van der Waals surface area contributed by atoms with Crippen LogP contribution in [0.5, 0.6) is 0 Å². The van der Waals surface area contributed by atoms with Gasteiger partial charge in [0.05, 0.1) is 11.8 Å². The molecule has 41 heavy (non-hydrogen) atoms. The van der Waals surface area contributed by atoms with E-state index in [4.69, 9.17) is 9.72 Å². The second kappa shape index (κ2) is 11.8. The fourth-order valence-corrected chi connectivity index (χ4v) is 7.00. The Bertz CT molecular complexity index is 1260. The summed E-state index contributed by atoms with van der Waals surface area (Å²) in [7, 11) is 2.14. The third kappa shape index (κ3) is 6.34. The summed E-state index contributed by atoms with van der Waals surface area (Å²) in [5.74, 6) is -0.336. The summed E-state index contributed by atoms with van der Waals surface area (Å²) >= 11 is 1.64. The first-order valence-electron chi connectivity index (χ1n) is 14.7. The molecule has 2 amide bonds. The predicted molar refractivity (Wildman–Crippen MR) is 161 cm³/mol. The number of carbonyl (C=O) groups excluding carboxylic acids is 3. The predicted octanol–water partition coefficient (Wildman–Crippen LogP) is 3.55. The van der Waals surface area contributed by atoms with Crippen LogP contribution in [0.1, 0.15) is 51.4 Å². The lowest BCUT2D eigenvalue weighted by Gasteiger charge is -2.32. The zero-order valence-corrected chi connectivity index (χ0v) is 25.9.